The smallest absolute Gasteiger partial charge is 0.00496 e. The Morgan fingerprint density at radius 1 is 0.611 bits per heavy atom. The maximum absolute atomic E-state index is 2.56. The molecular weight excluding hydrogens is 432 g/mol. The minimum Gasteiger partial charge on any atom is -0.0848 e. The fourth-order valence-corrected chi connectivity index (χ4v) is 7.14. The van der Waals surface area contributed by atoms with Gasteiger partial charge in [-0.2, -0.15) is 0 Å². The van der Waals surface area contributed by atoms with Crippen LogP contribution in [0.4, 0.5) is 0 Å². The van der Waals surface area contributed by atoms with Gasteiger partial charge >= 0.3 is 0 Å². The van der Waals surface area contributed by atoms with Crippen LogP contribution in [0.5, 0.6) is 0 Å². The van der Waals surface area contributed by atoms with Crippen LogP contribution in [0.1, 0.15) is 134 Å². The van der Waals surface area contributed by atoms with Crippen LogP contribution in [0, 0.1) is 29.6 Å². The second kappa shape index (κ2) is 15.0. The molecule has 0 aliphatic heterocycles. The first kappa shape index (κ1) is 27.5. The minimum absolute atomic E-state index is 0.599. The van der Waals surface area contributed by atoms with Crippen molar-refractivity contribution in [2.24, 2.45) is 29.6 Å². The molecule has 0 aromatic heterocycles. The van der Waals surface area contributed by atoms with Crippen LogP contribution in [0.3, 0.4) is 0 Å². The molecule has 1 aromatic rings. The van der Waals surface area contributed by atoms with Crippen molar-refractivity contribution in [1.29, 1.82) is 0 Å². The molecule has 0 amide bonds. The maximum atomic E-state index is 2.56. The van der Waals surface area contributed by atoms with E-state index >= 15 is 0 Å². The van der Waals surface area contributed by atoms with Crippen LogP contribution in [0.2, 0.25) is 0 Å². The van der Waals surface area contributed by atoms with Crippen molar-refractivity contribution in [3.05, 3.63) is 65.8 Å². The number of benzene rings is 1. The van der Waals surface area contributed by atoms with Gasteiger partial charge in [-0.05, 0) is 111 Å². The molecule has 4 rings (SSSR count). The first-order valence-electron chi connectivity index (χ1n) is 15.9. The molecule has 198 valence electrons. The summed E-state index contributed by atoms with van der Waals surface area (Å²) >= 11 is 0. The lowest BCUT2D eigenvalue weighted by atomic mass is 9.77. The number of unbranched alkanes of at least 4 members (excludes halogenated alkanes) is 2. The molecule has 2 atom stereocenters. The summed E-state index contributed by atoms with van der Waals surface area (Å²) in [5.74, 6) is 4.90. The van der Waals surface area contributed by atoms with Crippen molar-refractivity contribution in [3.8, 4) is 0 Å². The normalized spacial score (nSPS) is 31.4. The molecule has 2 fully saturated rings. The van der Waals surface area contributed by atoms with Crippen LogP contribution in [-0.2, 0) is 0 Å². The van der Waals surface area contributed by atoms with E-state index in [-0.39, 0.29) is 0 Å². The molecule has 0 nitrogen and oxygen atoms in total. The molecule has 0 heterocycles. The zero-order chi connectivity index (χ0) is 25.0. The quantitative estimate of drug-likeness (QED) is 0.215. The Bertz CT molecular complexity index is 808. The van der Waals surface area contributed by atoms with Gasteiger partial charge in [0, 0.05) is 0 Å². The van der Waals surface area contributed by atoms with Gasteiger partial charge in [-0.15, -0.1) is 0 Å². The monoisotopic (exact) mass is 486 g/mol. The third-order valence-corrected chi connectivity index (χ3v) is 9.66. The van der Waals surface area contributed by atoms with E-state index in [1.54, 1.807) is 5.56 Å². The van der Waals surface area contributed by atoms with Crippen molar-refractivity contribution in [3.63, 3.8) is 0 Å². The molecule has 2 unspecified atom stereocenters. The van der Waals surface area contributed by atoms with Gasteiger partial charge in [-0.3, -0.25) is 0 Å². The summed E-state index contributed by atoms with van der Waals surface area (Å²) in [6.07, 6.45) is 37.3. The SMILES string of the molecule is CCCCCC1CCC(c2ccc(/C=C/C3C=CC(/C=C/C4CCC(CCC)CC4)CC3)cc2)CC1. The van der Waals surface area contributed by atoms with Crippen molar-refractivity contribution in [2.75, 3.05) is 0 Å². The lowest BCUT2D eigenvalue weighted by molar-refractivity contribution is 0.293. The average Bonchev–Trinajstić information content (AvgIpc) is 2.93. The lowest BCUT2D eigenvalue weighted by Gasteiger charge is -2.29. The van der Waals surface area contributed by atoms with Crippen molar-refractivity contribution in [2.45, 2.75) is 122 Å². The summed E-state index contributed by atoms with van der Waals surface area (Å²) in [7, 11) is 0. The Hall–Kier alpha value is -1.56. The summed E-state index contributed by atoms with van der Waals surface area (Å²) < 4.78 is 0. The summed E-state index contributed by atoms with van der Waals surface area (Å²) in [6, 6.07) is 9.53. The fourth-order valence-electron chi connectivity index (χ4n) is 7.14. The Balaban J connectivity index is 1.17. The Morgan fingerprint density at radius 3 is 1.89 bits per heavy atom. The molecule has 0 radical (unpaired) electrons. The van der Waals surface area contributed by atoms with E-state index in [2.05, 4.69) is 74.6 Å². The standard InChI is InChI=1S/C36H54/c1-3-5-6-8-30-21-25-35(26-22-30)36-27-23-34(24-28-36)20-19-33-17-15-32(16-18-33)14-13-31-11-9-29(7-4-2)10-12-31/h13-15,17,19-20,23-24,27-33,35H,3-12,16,18,21-22,25-26H2,1-2H3/b14-13+,20-19+. The van der Waals surface area contributed by atoms with E-state index < -0.39 is 0 Å². The molecule has 0 spiro atoms. The van der Waals surface area contributed by atoms with E-state index in [1.807, 2.05) is 0 Å². The Kier molecular flexibility index (Phi) is 11.4. The molecule has 0 bridgehead atoms. The second-order valence-corrected chi connectivity index (χ2v) is 12.5. The van der Waals surface area contributed by atoms with Gasteiger partial charge in [0.05, 0.1) is 0 Å². The van der Waals surface area contributed by atoms with Gasteiger partial charge < -0.3 is 0 Å². The number of rotatable bonds is 11. The van der Waals surface area contributed by atoms with E-state index in [4.69, 9.17) is 0 Å². The zero-order valence-electron chi connectivity index (χ0n) is 23.6. The highest BCUT2D eigenvalue weighted by molar-refractivity contribution is 5.50. The summed E-state index contributed by atoms with van der Waals surface area (Å²) in [5, 5.41) is 0. The fraction of sp³-hybridized carbons (Fsp3) is 0.667. The molecule has 0 heteroatoms. The molecule has 36 heavy (non-hydrogen) atoms. The average molecular weight is 487 g/mol. The maximum Gasteiger partial charge on any atom is -0.00496 e. The van der Waals surface area contributed by atoms with Gasteiger partial charge in [-0.1, -0.05) is 113 Å². The second-order valence-electron chi connectivity index (χ2n) is 12.5. The first-order valence-corrected chi connectivity index (χ1v) is 15.9. The molecular formula is C36H54. The van der Waals surface area contributed by atoms with Gasteiger partial charge in [0.25, 0.3) is 0 Å². The van der Waals surface area contributed by atoms with Gasteiger partial charge in [-0.25, -0.2) is 0 Å². The van der Waals surface area contributed by atoms with Gasteiger partial charge in [0.1, 0.15) is 0 Å². The van der Waals surface area contributed by atoms with Crippen LogP contribution < -0.4 is 0 Å². The summed E-state index contributed by atoms with van der Waals surface area (Å²) in [5.41, 5.74) is 2.94. The molecule has 0 N–H and O–H groups in total. The summed E-state index contributed by atoms with van der Waals surface area (Å²) in [6.45, 7) is 4.65. The van der Waals surface area contributed by atoms with E-state index in [1.165, 1.54) is 108 Å². The number of hydrogen-bond acceptors (Lipinski definition) is 0. The van der Waals surface area contributed by atoms with Gasteiger partial charge in [0.15, 0.2) is 0 Å². The first-order chi connectivity index (χ1) is 17.7. The van der Waals surface area contributed by atoms with Crippen LogP contribution in [-0.4, -0.2) is 0 Å². The predicted molar refractivity (Wildman–Crippen MR) is 159 cm³/mol. The third-order valence-electron chi connectivity index (χ3n) is 9.66. The van der Waals surface area contributed by atoms with Crippen molar-refractivity contribution < 1.29 is 0 Å². The minimum atomic E-state index is 0.599. The lowest BCUT2D eigenvalue weighted by Crippen LogP contribution is -2.13. The van der Waals surface area contributed by atoms with Crippen LogP contribution in [0.25, 0.3) is 6.08 Å². The highest BCUT2D eigenvalue weighted by Crippen LogP contribution is 2.38. The topological polar surface area (TPSA) is 0 Å². The third kappa shape index (κ3) is 8.78. The number of allylic oxidation sites excluding steroid dienone is 5. The molecule has 1 aromatic carbocycles. The summed E-state index contributed by atoms with van der Waals surface area (Å²) in [4.78, 5) is 0. The van der Waals surface area contributed by atoms with Gasteiger partial charge in [0.2, 0.25) is 0 Å². The molecule has 0 saturated heterocycles. The van der Waals surface area contributed by atoms with Crippen LogP contribution in [0.15, 0.2) is 54.6 Å². The molecule has 2 saturated carbocycles. The predicted octanol–water partition coefficient (Wildman–Crippen LogP) is 11.3. The van der Waals surface area contributed by atoms with E-state index in [9.17, 15) is 0 Å². The van der Waals surface area contributed by atoms with Crippen molar-refractivity contribution in [1.82, 2.24) is 0 Å². The zero-order valence-corrected chi connectivity index (χ0v) is 23.6. The Labute approximate surface area is 223 Å². The molecule has 3 aliphatic carbocycles. The van der Waals surface area contributed by atoms with Crippen molar-refractivity contribution >= 4 is 6.08 Å². The molecule has 3 aliphatic rings. The highest BCUT2D eigenvalue weighted by atomic mass is 14.3. The van der Waals surface area contributed by atoms with Crippen LogP contribution >= 0.6 is 0 Å². The largest absolute Gasteiger partial charge is 0.0848 e. The van der Waals surface area contributed by atoms with E-state index in [0.717, 1.165) is 23.7 Å². The van der Waals surface area contributed by atoms with E-state index in [0.29, 0.717) is 11.8 Å². The number of hydrogen-bond donors (Lipinski definition) is 0. The Morgan fingerprint density at radius 2 is 1.25 bits per heavy atom. The highest BCUT2D eigenvalue weighted by Gasteiger charge is 2.22.